The number of rotatable bonds is 4. The number of carbonyl (C=O) groups excluding carboxylic acids is 1. The van der Waals surface area contributed by atoms with Crippen molar-refractivity contribution in [2.24, 2.45) is 0 Å². The minimum atomic E-state index is -0.529. The lowest BCUT2D eigenvalue weighted by molar-refractivity contribution is -0.158. The number of aliphatic hydroxyl groups excluding tert-OH is 1. The Bertz CT molecular complexity index is 734. The maximum atomic E-state index is 12.9. The fraction of sp³-hybridized carbons (Fsp3) is 0.806. The summed E-state index contributed by atoms with van der Waals surface area (Å²) in [5, 5.41) is 10.3. The lowest BCUT2D eigenvalue weighted by Crippen LogP contribution is -2.27. The van der Waals surface area contributed by atoms with Crippen LogP contribution in [0.15, 0.2) is 24.3 Å². The van der Waals surface area contributed by atoms with Gasteiger partial charge in [-0.05, 0) is 49.8 Å². The van der Waals surface area contributed by atoms with Gasteiger partial charge >= 0.3 is 5.97 Å². The first-order valence-corrected chi connectivity index (χ1v) is 17.3. The van der Waals surface area contributed by atoms with E-state index in [0.29, 0.717) is 19.6 Å². The molecule has 1 fully saturated rings. The van der Waals surface area contributed by atoms with Gasteiger partial charge in [-0.2, -0.15) is 0 Å². The Kier molecular flexibility index (Phi) is 21.7. The lowest BCUT2D eigenvalue weighted by atomic mass is 10.0. The molecule has 1 aliphatic heterocycles. The summed E-state index contributed by atoms with van der Waals surface area (Å²) < 4.78 is 17.0. The van der Waals surface area contributed by atoms with Crippen LogP contribution in [0.3, 0.4) is 0 Å². The van der Waals surface area contributed by atoms with Gasteiger partial charge in [0.15, 0.2) is 6.10 Å². The third-order valence-corrected chi connectivity index (χ3v) is 8.55. The van der Waals surface area contributed by atoms with Gasteiger partial charge in [-0.3, -0.25) is 0 Å². The van der Waals surface area contributed by atoms with Crippen LogP contribution in [0.1, 0.15) is 160 Å². The molecule has 0 radical (unpaired) electrons. The highest BCUT2D eigenvalue weighted by molar-refractivity contribution is 5.74. The minimum Gasteiger partial charge on any atom is -0.497 e. The number of hydrogen-bond donors (Lipinski definition) is 1. The largest absolute Gasteiger partial charge is 0.497 e. The number of esters is 1. The van der Waals surface area contributed by atoms with Crippen molar-refractivity contribution in [1.82, 2.24) is 0 Å². The van der Waals surface area contributed by atoms with Gasteiger partial charge in [0.05, 0.1) is 26.4 Å². The van der Waals surface area contributed by atoms with Crippen LogP contribution in [0.5, 0.6) is 5.75 Å². The second-order valence-corrected chi connectivity index (χ2v) is 12.3. The topological polar surface area (TPSA) is 65.0 Å². The van der Waals surface area contributed by atoms with E-state index in [0.717, 1.165) is 56.3 Å². The molecule has 0 amide bonds. The Morgan fingerprint density at radius 1 is 0.634 bits per heavy atom. The Labute approximate surface area is 252 Å². The SMILES string of the molecule is COc1ccc(COC2CCCCCCCCCCCCCCCCCCCCCC(O)CCCCOC2=O)cc1. The number of methoxy groups -OCH3 is 1. The molecule has 1 aromatic rings. The number of ether oxygens (including phenoxy) is 3. The van der Waals surface area contributed by atoms with Crippen molar-refractivity contribution in [1.29, 1.82) is 0 Å². The van der Waals surface area contributed by atoms with Gasteiger partial charge in [0, 0.05) is 0 Å². The van der Waals surface area contributed by atoms with Gasteiger partial charge in [0.1, 0.15) is 5.75 Å². The van der Waals surface area contributed by atoms with E-state index in [1.54, 1.807) is 7.11 Å². The first kappa shape index (κ1) is 35.6. The van der Waals surface area contributed by atoms with E-state index in [1.165, 1.54) is 103 Å². The Hall–Kier alpha value is -1.59. The highest BCUT2D eigenvalue weighted by Gasteiger charge is 2.21. The maximum absolute atomic E-state index is 12.9. The number of cyclic esters (lactones) is 1. The van der Waals surface area contributed by atoms with Gasteiger partial charge < -0.3 is 19.3 Å². The molecular formula is C36H62O5. The molecule has 41 heavy (non-hydrogen) atoms. The van der Waals surface area contributed by atoms with Gasteiger partial charge in [0.2, 0.25) is 0 Å². The summed E-state index contributed by atoms with van der Waals surface area (Å²) in [6.45, 7) is 0.782. The molecule has 1 aliphatic rings. The average molecular weight is 575 g/mol. The Morgan fingerprint density at radius 2 is 1.05 bits per heavy atom. The standard InChI is InChI=1S/C36H62O5/c1-39-34-28-26-32(27-29-34)31-41-35-25-20-18-16-14-12-10-8-6-4-2-3-5-7-9-11-13-15-17-19-23-33(37)24-21-22-30-40-36(35)38/h26-29,33,35,37H,2-25,30-31H2,1H3. The molecule has 2 atom stereocenters. The number of hydrogen-bond acceptors (Lipinski definition) is 5. The number of carbonyl (C=O) groups is 1. The third kappa shape index (κ3) is 19.3. The van der Waals surface area contributed by atoms with Crippen molar-refractivity contribution in [2.75, 3.05) is 13.7 Å². The highest BCUT2D eigenvalue weighted by atomic mass is 16.6. The molecule has 1 N–H and O–H groups in total. The summed E-state index contributed by atoms with van der Waals surface area (Å²) in [5.74, 6) is 0.563. The van der Waals surface area contributed by atoms with Crippen molar-refractivity contribution in [2.45, 2.75) is 173 Å². The van der Waals surface area contributed by atoms with E-state index in [4.69, 9.17) is 14.2 Å². The van der Waals surface area contributed by atoms with E-state index in [-0.39, 0.29) is 12.1 Å². The second-order valence-electron chi connectivity index (χ2n) is 12.3. The molecule has 0 spiro atoms. The van der Waals surface area contributed by atoms with E-state index in [2.05, 4.69) is 0 Å². The molecule has 1 aromatic carbocycles. The van der Waals surface area contributed by atoms with Gasteiger partial charge in [0.25, 0.3) is 0 Å². The van der Waals surface area contributed by atoms with Crippen molar-refractivity contribution in [3.8, 4) is 5.75 Å². The van der Waals surface area contributed by atoms with Gasteiger partial charge in [-0.25, -0.2) is 4.79 Å². The molecule has 2 unspecified atom stereocenters. The molecule has 0 bridgehead atoms. The molecular weight excluding hydrogens is 512 g/mol. The van der Waals surface area contributed by atoms with Gasteiger partial charge in [-0.15, -0.1) is 0 Å². The van der Waals surface area contributed by atoms with Crippen LogP contribution in [0.4, 0.5) is 0 Å². The average Bonchev–Trinajstić information content (AvgIpc) is 2.98. The van der Waals surface area contributed by atoms with E-state index in [9.17, 15) is 9.90 Å². The molecule has 0 aliphatic carbocycles. The van der Waals surface area contributed by atoms with Crippen LogP contribution in [0, 0.1) is 0 Å². The highest BCUT2D eigenvalue weighted by Crippen LogP contribution is 2.19. The van der Waals surface area contributed by atoms with E-state index in [1.807, 2.05) is 24.3 Å². The predicted molar refractivity (Wildman–Crippen MR) is 169 cm³/mol. The van der Waals surface area contributed by atoms with Crippen LogP contribution in [0.2, 0.25) is 0 Å². The Balaban J connectivity index is 1.76. The maximum Gasteiger partial charge on any atom is 0.335 e. The zero-order chi connectivity index (χ0) is 29.2. The quantitative estimate of drug-likeness (QED) is 0.363. The smallest absolute Gasteiger partial charge is 0.335 e. The van der Waals surface area contributed by atoms with Crippen molar-refractivity contribution in [3.05, 3.63) is 29.8 Å². The molecule has 5 nitrogen and oxygen atoms in total. The van der Waals surface area contributed by atoms with Crippen LogP contribution < -0.4 is 4.74 Å². The van der Waals surface area contributed by atoms with E-state index < -0.39 is 6.10 Å². The Morgan fingerprint density at radius 3 is 1.51 bits per heavy atom. The van der Waals surface area contributed by atoms with E-state index >= 15 is 0 Å². The second kappa shape index (κ2) is 25.0. The first-order chi connectivity index (χ1) is 20.2. The molecule has 1 heterocycles. The van der Waals surface area contributed by atoms with Crippen molar-refractivity contribution < 1.29 is 24.1 Å². The lowest BCUT2D eigenvalue weighted by Gasteiger charge is -2.17. The van der Waals surface area contributed by atoms with Crippen LogP contribution in [-0.4, -0.2) is 37.0 Å². The molecule has 2 rings (SSSR count). The molecule has 0 saturated carbocycles. The summed E-state index contributed by atoms with van der Waals surface area (Å²) in [6, 6.07) is 7.78. The fourth-order valence-electron chi connectivity index (χ4n) is 5.79. The molecule has 1 saturated heterocycles. The van der Waals surface area contributed by atoms with Crippen molar-refractivity contribution >= 4 is 5.97 Å². The molecule has 236 valence electrons. The molecule has 0 aromatic heterocycles. The minimum absolute atomic E-state index is 0.234. The van der Waals surface area contributed by atoms with Crippen LogP contribution >= 0.6 is 0 Å². The first-order valence-electron chi connectivity index (χ1n) is 17.3. The van der Waals surface area contributed by atoms with Crippen molar-refractivity contribution in [3.63, 3.8) is 0 Å². The predicted octanol–water partition coefficient (Wildman–Crippen LogP) is 9.86. The number of benzene rings is 1. The van der Waals surface area contributed by atoms with Crippen LogP contribution in [0.25, 0.3) is 0 Å². The van der Waals surface area contributed by atoms with Gasteiger partial charge in [-0.1, -0.05) is 134 Å². The number of aliphatic hydroxyl groups is 1. The fourth-order valence-corrected chi connectivity index (χ4v) is 5.79. The summed E-state index contributed by atoms with van der Waals surface area (Å²) >= 11 is 0. The summed E-state index contributed by atoms with van der Waals surface area (Å²) in [5.41, 5.74) is 1.02. The molecule has 5 heteroatoms. The third-order valence-electron chi connectivity index (χ3n) is 8.55. The zero-order valence-electron chi connectivity index (χ0n) is 26.4. The monoisotopic (exact) mass is 574 g/mol. The normalized spacial score (nSPS) is 23.8. The van der Waals surface area contributed by atoms with Crippen LogP contribution in [-0.2, 0) is 20.9 Å². The summed E-state index contributed by atoms with van der Waals surface area (Å²) in [4.78, 5) is 12.9. The summed E-state index contributed by atoms with van der Waals surface area (Å²) in [7, 11) is 1.66. The zero-order valence-corrected chi connectivity index (χ0v) is 26.4. The summed E-state index contributed by atoms with van der Waals surface area (Å²) in [6.07, 6.45) is 28.1.